The van der Waals surface area contributed by atoms with Crippen molar-refractivity contribution in [3.63, 3.8) is 0 Å². The fourth-order valence-electron chi connectivity index (χ4n) is 0.917. The van der Waals surface area contributed by atoms with Gasteiger partial charge in [-0.1, -0.05) is 55.2 Å². The normalized spacial score (nSPS) is 11.6. The van der Waals surface area contributed by atoms with Gasteiger partial charge in [0.15, 0.2) is 16.3 Å². The molecule has 1 unspecified atom stereocenters. The van der Waals surface area contributed by atoms with Crippen molar-refractivity contribution in [3.05, 3.63) is 0 Å². The van der Waals surface area contributed by atoms with E-state index in [4.69, 9.17) is 0 Å². The number of halogens is 2. The molecule has 0 aromatic carbocycles. The van der Waals surface area contributed by atoms with Crippen molar-refractivity contribution in [3.8, 4) is 0 Å². The van der Waals surface area contributed by atoms with Crippen molar-refractivity contribution in [2.45, 2.75) is 43.0 Å². The van der Waals surface area contributed by atoms with Crippen LogP contribution in [0.15, 0.2) is 0 Å². The second-order valence-electron chi connectivity index (χ2n) is 2.71. The van der Waals surface area contributed by atoms with Gasteiger partial charge in [0.1, 0.15) is 3.92 Å². The molecule has 13 heavy (non-hydrogen) atoms. The first-order valence-electron chi connectivity index (χ1n) is 4.18. The van der Waals surface area contributed by atoms with Crippen LogP contribution in [0.25, 0.3) is 0 Å². The Balaban J connectivity index is 0. The summed E-state index contributed by atoms with van der Waals surface area (Å²) in [7, 11) is 0. The van der Waals surface area contributed by atoms with E-state index >= 15 is 0 Å². The number of hydrogen-bond acceptors (Lipinski definition) is 2. The molecule has 0 radical (unpaired) electrons. The maximum absolute atomic E-state index is 10.9. The van der Waals surface area contributed by atoms with E-state index in [-0.39, 0.29) is 39.5 Å². The Hall–Kier alpha value is 1.68. The van der Waals surface area contributed by atoms with Crippen LogP contribution in [0.2, 0.25) is 0 Å². The zero-order valence-electron chi connectivity index (χ0n) is 7.19. The van der Waals surface area contributed by atoms with Gasteiger partial charge < -0.3 is 3.83 Å². The third-order valence-corrected chi connectivity index (χ3v) is 3.09. The van der Waals surface area contributed by atoms with Crippen LogP contribution < -0.4 is 0 Å². The van der Waals surface area contributed by atoms with E-state index in [0.29, 0.717) is 0 Å². The fourth-order valence-corrected chi connectivity index (χ4v) is 2.06. The first kappa shape index (κ1) is 17.1. The van der Waals surface area contributed by atoms with Gasteiger partial charge in [-0.25, -0.2) is 0 Å². The van der Waals surface area contributed by atoms with Gasteiger partial charge in [0, 0.05) is 0 Å². The first-order valence-corrected chi connectivity index (χ1v) is 6.08. The summed E-state index contributed by atoms with van der Waals surface area (Å²) >= 11 is 4.80. The number of carbonyl (C=O) groups is 1. The standard InChI is InChI=1S/C8H14BrIO2.Na.H/c1-2-3-4-5-6-7(10)8(11)12-9;;/h7H,2-6H2,1H3;;. The summed E-state index contributed by atoms with van der Waals surface area (Å²) in [6, 6.07) is 0. The van der Waals surface area contributed by atoms with E-state index in [1.165, 1.54) is 19.3 Å². The topological polar surface area (TPSA) is 26.3 Å². The Morgan fingerprint density at radius 3 is 2.54 bits per heavy atom. The maximum atomic E-state index is 10.9. The van der Waals surface area contributed by atoms with E-state index < -0.39 is 0 Å². The van der Waals surface area contributed by atoms with Gasteiger partial charge >= 0.3 is 35.5 Å². The van der Waals surface area contributed by atoms with E-state index in [9.17, 15) is 4.79 Å². The average Bonchev–Trinajstić information content (AvgIpc) is 2.10. The van der Waals surface area contributed by atoms with Crippen molar-refractivity contribution < 1.29 is 8.62 Å². The average molecular weight is 373 g/mol. The molecule has 0 aromatic heterocycles. The Morgan fingerprint density at radius 2 is 2.08 bits per heavy atom. The third-order valence-electron chi connectivity index (χ3n) is 1.64. The van der Waals surface area contributed by atoms with Gasteiger partial charge in [-0.15, -0.1) is 0 Å². The van der Waals surface area contributed by atoms with Crippen molar-refractivity contribution in [2.24, 2.45) is 0 Å². The van der Waals surface area contributed by atoms with E-state index in [1.807, 2.05) is 0 Å². The Labute approximate surface area is 124 Å². The molecule has 0 spiro atoms. The van der Waals surface area contributed by atoms with Crippen LogP contribution in [0, 0.1) is 0 Å². The molecule has 0 amide bonds. The Bertz CT molecular complexity index is 135. The SMILES string of the molecule is CCCCCCC(I)C(=O)OBr.[NaH]. The molecular weight excluding hydrogens is 358 g/mol. The van der Waals surface area contributed by atoms with Gasteiger partial charge in [-0.3, -0.25) is 4.79 Å². The van der Waals surface area contributed by atoms with Crippen LogP contribution in [0.4, 0.5) is 0 Å². The Kier molecular flexibility index (Phi) is 15.4. The molecular formula is C8H15BrINaO2. The molecule has 74 valence electrons. The van der Waals surface area contributed by atoms with Crippen LogP contribution in [0.1, 0.15) is 39.0 Å². The van der Waals surface area contributed by atoms with Crippen molar-refractivity contribution in [1.29, 1.82) is 0 Å². The van der Waals surface area contributed by atoms with Gasteiger partial charge in [-0.05, 0) is 6.42 Å². The molecule has 0 bridgehead atoms. The van der Waals surface area contributed by atoms with E-state index in [1.54, 1.807) is 0 Å². The molecule has 5 heteroatoms. The molecule has 0 rings (SSSR count). The predicted octanol–water partition coefficient (Wildman–Crippen LogP) is 2.97. The molecule has 0 heterocycles. The summed E-state index contributed by atoms with van der Waals surface area (Å²) in [4.78, 5) is 10.9. The number of hydrogen-bond donors (Lipinski definition) is 0. The van der Waals surface area contributed by atoms with Crippen molar-refractivity contribution in [1.82, 2.24) is 0 Å². The summed E-state index contributed by atoms with van der Waals surface area (Å²) < 4.78 is 4.43. The summed E-state index contributed by atoms with van der Waals surface area (Å²) in [6.45, 7) is 2.17. The van der Waals surface area contributed by atoms with Crippen molar-refractivity contribution in [2.75, 3.05) is 0 Å². The Morgan fingerprint density at radius 1 is 1.46 bits per heavy atom. The second kappa shape index (κ2) is 11.8. The molecule has 0 aliphatic heterocycles. The molecule has 0 N–H and O–H groups in total. The zero-order valence-corrected chi connectivity index (χ0v) is 10.9. The minimum absolute atomic E-state index is 0. The number of carbonyl (C=O) groups excluding carboxylic acids is 1. The van der Waals surface area contributed by atoms with Crippen LogP contribution in [0.5, 0.6) is 0 Å². The van der Waals surface area contributed by atoms with Gasteiger partial charge in [0.25, 0.3) is 0 Å². The van der Waals surface area contributed by atoms with Crippen LogP contribution in [-0.4, -0.2) is 39.5 Å². The van der Waals surface area contributed by atoms with Gasteiger partial charge in [-0.2, -0.15) is 0 Å². The summed E-state index contributed by atoms with van der Waals surface area (Å²) in [5.74, 6) is -0.174. The predicted molar refractivity (Wildman–Crippen MR) is 68.7 cm³/mol. The van der Waals surface area contributed by atoms with Crippen molar-refractivity contribution >= 4 is 74.4 Å². The molecule has 2 nitrogen and oxygen atoms in total. The van der Waals surface area contributed by atoms with Crippen LogP contribution >= 0.6 is 38.8 Å². The van der Waals surface area contributed by atoms with Crippen LogP contribution in [0.3, 0.4) is 0 Å². The number of alkyl halides is 1. The summed E-state index contributed by atoms with van der Waals surface area (Å²) in [5.41, 5.74) is 0. The minimum atomic E-state index is -0.174. The molecule has 0 aliphatic rings. The van der Waals surface area contributed by atoms with E-state index in [2.05, 4.69) is 49.6 Å². The number of unbranched alkanes of at least 4 members (excludes halogenated alkanes) is 3. The third kappa shape index (κ3) is 9.97. The molecule has 0 aromatic rings. The molecule has 0 fully saturated rings. The van der Waals surface area contributed by atoms with Crippen LogP contribution in [-0.2, 0) is 8.62 Å². The van der Waals surface area contributed by atoms with Gasteiger partial charge in [0.05, 0.1) is 0 Å². The summed E-state index contributed by atoms with van der Waals surface area (Å²) in [5, 5.41) is 0. The fraction of sp³-hybridized carbons (Fsp3) is 0.875. The monoisotopic (exact) mass is 372 g/mol. The zero-order chi connectivity index (χ0) is 9.40. The molecule has 0 saturated heterocycles. The van der Waals surface area contributed by atoms with Gasteiger partial charge in [0.2, 0.25) is 0 Å². The second-order valence-corrected chi connectivity index (χ2v) is 4.54. The van der Waals surface area contributed by atoms with E-state index in [0.717, 1.165) is 12.8 Å². The number of rotatable bonds is 6. The molecule has 1 atom stereocenters. The summed E-state index contributed by atoms with van der Waals surface area (Å²) in [6.07, 6.45) is 5.74. The molecule has 0 aliphatic carbocycles. The first-order chi connectivity index (χ1) is 5.72. The molecule has 0 saturated carbocycles. The quantitative estimate of drug-likeness (QED) is 0.310.